The van der Waals surface area contributed by atoms with Gasteiger partial charge in [0.15, 0.2) is 0 Å². The summed E-state index contributed by atoms with van der Waals surface area (Å²) < 4.78 is 6.48. The van der Waals surface area contributed by atoms with E-state index in [9.17, 15) is 4.79 Å². The van der Waals surface area contributed by atoms with Crippen molar-refractivity contribution < 1.29 is 9.53 Å². The van der Waals surface area contributed by atoms with Gasteiger partial charge in [0.1, 0.15) is 5.75 Å². The lowest BCUT2D eigenvalue weighted by molar-refractivity contribution is 0.0796. The summed E-state index contributed by atoms with van der Waals surface area (Å²) in [6, 6.07) is 5.46. The molecule has 0 aliphatic rings. The molecule has 0 radical (unpaired) electrons. The molecule has 114 valence electrons. The van der Waals surface area contributed by atoms with Crippen LogP contribution in [0.2, 0.25) is 0 Å². The van der Waals surface area contributed by atoms with Crippen molar-refractivity contribution in [2.24, 2.45) is 0 Å². The Bertz CT molecular complexity index is 441. The predicted octanol–water partition coefficient (Wildman–Crippen LogP) is 2.95. The molecule has 20 heavy (non-hydrogen) atoms. The van der Waals surface area contributed by atoms with Gasteiger partial charge in [0.25, 0.3) is 5.91 Å². The minimum absolute atomic E-state index is 0. The fraction of sp³-hybridized carbons (Fsp3) is 0.500. The van der Waals surface area contributed by atoms with Crippen LogP contribution >= 0.6 is 28.3 Å². The SMILES string of the molecule is CNCCN(C)C(=O)c1cc(Br)cc(OC(C)C)c1.Cl. The molecule has 0 saturated heterocycles. The van der Waals surface area contributed by atoms with E-state index in [2.05, 4.69) is 21.2 Å². The number of benzene rings is 1. The van der Waals surface area contributed by atoms with Crippen molar-refractivity contribution in [1.29, 1.82) is 0 Å². The zero-order chi connectivity index (χ0) is 14.4. The highest BCUT2D eigenvalue weighted by Gasteiger charge is 2.13. The maximum atomic E-state index is 12.3. The number of rotatable bonds is 6. The summed E-state index contributed by atoms with van der Waals surface area (Å²) in [5.41, 5.74) is 0.628. The normalized spacial score (nSPS) is 10.1. The molecule has 1 aromatic rings. The molecule has 1 N–H and O–H groups in total. The van der Waals surface area contributed by atoms with Crippen LogP contribution in [-0.2, 0) is 0 Å². The maximum Gasteiger partial charge on any atom is 0.253 e. The number of nitrogens with one attached hydrogen (secondary N) is 1. The molecule has 1 amide bonds. The molecule has 1 rings (SSSR count). The molecule has 0 unspecified atom stereocenters. The molecule has 4 nitrogen and oxygen atoms in total. The summed E-state index contributed by atoms with van der Waals surface area (Å²) in [6.07, 6.45) is 0.0827. The van der Waals surface area contributed by atoms with Crippen molar-refractivity contribution >= 4 is 34.2 Å². The summed E-state index contributed by atoms with van der Waals surface area (Å²) in [7, 11) is 3.66. The molecular formula is C14H22BrClN2O2. The first kappa shape index (κ1) is 19.2. The molecule has 0 aliphatic heterocycles. The largest absolute Gasteiger partial charge is 0.491 e. The van der Waals surface area contributed by atoms with Crippen LogP contribution < -0.4 is 10.1 Å². The fourth-order valence-electron chi connectivity index (χ4n) is 1.63. The molecule has 0 bridgehead atoms. The van der Waals surface area contributed by atoms with Gasteiger partial charge in [-0.15, -0.1) is 12.4 Å². The van der Waals surface area contributed by atoms with Gasteiger partial charge in [-0.2, -0.15) is 0 Å². The van der Waals surface area contributed by atoms with E-state index in [1.807, 2.05) is 33.0 Å². The first-order valence-corrected chi connectivity index (χ1v) is 7.10. The van der Waals surface area contributed by atoms with Crippen molar-refractivity contribution in [2.45, 2.75) is 20.0 Å². The molecule has 0 aliphatic carbocycles. The summed E-state index contributed by atoms with van der Waals surface area (Å²) in [4.78, 5) is 14.0. The molecule has 0 spiro atoms. The number of amides is 1. The maximum absolute atomic E-state index is 12.3. The monoisotopic (exact) mass is 364 g/mol. The van der Waals surface area contributed by atoms with Crippen molar-refractivity contribution in [3.63, 3.8) is 0 Å². The van der Waals surface area contributed by atoms with Gasteiger partial charge in [-0.1, -0.05) is 15.9 Å². The van der Waals surface area contributed by atoms with Crippen LogP contribution in [-0.4, -0.2) is 44.1 Å². The molecule has 0 fully saturated rings. The van der Waals surface area contributed by atoms with Gasteiger partial charge in [-0.05, 0) is 39.1 Å². The minimum Gasteiger partial charge on any atom is -0.491 e. The number of hydrogen-bond donors (Lipinski definition) is 1. The van der Waals surface area contributed by atoms with Gasteiger partial charge in [-0.25, -0.2) is 0 Å². The van der Waals surface area contributed by atoms with Gasteiger partial charge in [0, 0.05) is 30.2 Å². The quantitative estimate of drug-likeness (QED) is 0.843. The van der Waals surface area contributed by atoms with Crippen molar-refractivity contribution in [1.82, 2.24) is 10.2 Å². The zero-order valence-electron chi connectivity index (χ0n) is 12.3. The molecule has 0 atom stereocenters. The van der Waals surface area contributed by atoms with Crippen molar-refractivity contribution in [3.8, 4) is 5.75 Å². The lowest BCUT2D eigenvalue weighted by Crippen LogP contribution is -2.32. The number of halogens is 2. The number of nitrogens with zero attached hydrogens (tertiary/aromatic N) is 1. The van der Waals surface area contributed by atoms with Gasteiger partial charge < -0.3 is 15.0 Å². The second-order valence-corrected chi connectivity index (χ2v) is 5.59. The van der Waals surface area contributed by atoms with E-state index in [0.29, 0.717) is 17.9 Å². The van der Waals surface area contributed by atoms with Crippen LogP contribution in [0, 0.1) is 0 Å². The highest BCUT2D eigenvalue weighted by Crippen LogP contribution is 2.23. The summed E-state index contributed by atoms with van der Waals surface area (Å²) in [5, 5.41) is 3.03. The topological polar surface area (TPSA) is 41.6 Å². The van der Waals surface area contributed by atoms with E-state index in [4.69, 9.17) is 4.74 Å². The van der Waals surface area contributed by atoms with Crippen LogP contribution in [0.25, 0.3) is 0 Å². The molecule has 0 heterocycles. The Morgan fingerprint density at radius 3 is 2.60 bits per heavy atom. The van der Waals surface area contributed by atoms with E-state index < -0.39 is 0 Å². The lowest BCUT2D eigenvalue weighted by Gasteiger charge is -2.18. The third kappa shape index (κ3) is 6.11. The van der Waals surface area contributed by atoms with E-state index in [1.165, 1.54) is 0 Å². The minimum atomic E-state index is -0.00911. The van der Waals surface area contributed by atoms with Gasteiger partial charge in [-0.3, -0.25) is 4.79 Å². The third-order valence-electron chi connectivity index (χ3n) is 2.53. The van der Waals surface area contributed by atoms with Crippen LogP contribution in [0.4, 0.5) is 0 Å². The first-order valence-electron chi connectivity index (χ1n) is 6.31. The summed E-state index contributed by atoms with van der Waals surface area (Å²) >= 11 is 3.41. The van der Waals surface area contributed by atoms with Crippen LogP contribution in [0.3, 0.4) is 0 Å². The Morgan fingerprint density at radius 2 is 2.05 bits per heavy atom. The van der Waals surface area contributed by atoms with E-state index in [0.717, 1.165) is 11.0 Å². The molecule has 6 heteroatoms. The van der Waals surface area contributed by atoms with Gasteiger partial charge in [0.05, 0.1) is 6.10 Å². The van der Waals surface area contributed by atoms with Crippen molar-refractivity contribution in [3.05, 3.63) is 28.2 Å². The van der Waals surface area contributed by atoms with Gasteiger partial charge in [0.2, 0.25) is 0 Å². The van der Waals surface area contributed by atoms with E-state index in [1.54, 1.807) is 18.0 Å². The number of hydrogen-bond acceptors (Lipinski definition) is 3. The Labute approximate surface area is 135 Å². The fourth-order valence-corrected chi connectivity index (χ4v) is 2.10. The highest BCUT2D eigenvalue weighted by molar-refractivity contribution is 9.10. The third-order valence-corrected chi connectivity index (χ3v) is 2.99. The number of carbonyl (C=O) groups excluding carboxylic acids is 1. The number of carbonyl (C=O) groups is 1. The first-order chi connectivity index (χ1) is 8.93. The average molecular weight is 366 g/mol. The van der Waals surface area contributed by atoms with Crippen LogP contribution in [0.1, 0.15) is 24.2 Å². The zero-order valence-corrected chi connectivity index (χ0v) is 14.7. The summed E-state index contributed by atoms with van der Waals surface area (Å²) in [6.45, 7) is 5.36. The highest BCUT2D eigenvalue weighted by atomic mass is 79.9. The average Bonchev–Trinajstić information content (AvgIpc) is 2.33. The Kier molecular flexibility index (Phi) is 8.85. The number of likely N-dealkylation sites (N-methyl/N-ethyl adjacent to an activating group) is 2. The van der Waals surface area contributed by atoms with Gasteiger partial charge >= 0.3 is 0 Å². The van der Waals surface area contributed by atoms with E-state index in [-0.39, 0.29) is 24.4 Å². The smallest absolute Gasteiger partial charge is 0.253 e. The van der Waals surface area contributed by atoms with Crippen molar-refractivity contribution in [2.75, 3.05) is 27.2 Å². The molecule has 0 aromatic heterocycles. The Hall–Kier alpha value is -0.780. The molecule has 1 aromatic carbocycles. The van der Waals surface area contributed by atoms with Crippen LogP contribution in [0.15, 0.2) is 22.7 Å². The molecular weight excluding hydrogens is 344 g/mol. The second kappa shape index (κ2) is 9.21. The van der Waals surface area contributed by atoms with Crippen LogP contribution in [0.5, 0.6) is 5.75 Å². The Morgan fingerprint density at radius 1 is 1.40 bits per heavy atom. The lowest BCUT2D eigenvalue weighted by atomic mass is 10.2. The Balaban J connectivity index is 0.00000361. The second-order valence-electron chi connectivity index (χ2n) is 4.67. The summed E-state index contributed by atoms with van der Waals surface area (Å²) in [5.74, 6) is 0.694. The predicted molar refractivity (Wildman–Crippen MR) is 88.0 cm³/mol. The van der Waals surface area contributed by atoms with E-state index >= 15 is 0 Å². The standard InChI is InChI=1S/C14H21BrN2O2.ClH/c1-10(2)19-13-8-11(7-12(15)9-13)14(18)17(4)6-5-16-3;/h7-10,16H,5-6H2,1-4H3;1H. The number of ether oxygens (including phenoxy) is 1. The molecule has 0 saturated carbocycles.